The van der Waals surface area contributed by atoms with Gasteiger partial charge in [0.25, 0.3) is 0 Å². The molecule has 90 valence electrons. The van der Waals surface area contributed by atoms with Crippen molar-refractivity contribution in [1.82, 2.24) is 0 Å². The second-order valence-corrected chi connectivity index (χ2v) is 4.55. The molecular formula is C15H18O2. The Morgan fingerprint density at radius 1 is 1.41 bits per heavy atom. The van der Waals surface area contributed by atoms with E-state index in [1.807, 2.05) is 6.92 Å². The Hall–Kier alpha value is -1.57. The third kappa shape index (κ3) is 2.41. The first-order chi connectivity index (χ1) is 8.11. The summed E-state index contributed by atoms with van der Waals surface area (Å²) >= 11 is 0. The summed E-state index contributed by atoms with van der Waals surface area (Å²) in [6.45, 7) is 6.52. The van der Waals surface area contributed by atoms with Crippen molar-refractivity contribution in [3.8, 4) is 0 Å². The van der Waals surface area contributed by atoms with E-state index in [9.17, 15) is 4.79 Å². The molecule has 0 radical (unpaired) electrons. The number of benzene rings is 1. The van der Waals surface area contributed by atoms with E-state index in [1.54, 1.807) is 0 Å². The van der Waals surface area contributed by atoms with E-state index in [2.05, 4.69) is 38.1 Å². The lowest BCUT2D eigenvalue weighted by atomic mass is 9.98. The molecule has 0 saturated heterocycles. The summed E-state index contributed by atoms with van der Waals surface area (Å²) in [6, 6.07) is 6.43. The topological polar surface area (TPSA) is 26.3 Å². The van der Waals surface area contributed by atoms with Gasteiger partial charge in [-0.3, -0.25) is 4.79 Å². The van der Waals surface area contributed by atoms with E-state index in [-0.39, 0.29) is 5.97 Å². The van der Waals surface area contributed by atoms with Crippen LogP contribution in [-0.4, -0.2) is 12.6 Å². The van der Waals surface area contributed by atoms with E-state index < -0.39 is 0 Å². The number of allylic oxidation sites excluding steroid dienone is 1. The van der Waals surface area contributed by atoms with E-state index in [4.69, 9.17) is 4.74 Å². The number of ether oxygens (including phenoxy) is 1. The standard InChI is InChI=1S/C15H18O2/c1-4-17-15(16)9-12-8-11(3)13-6-5-10(2)7-14(12)13/h5-8,11H,4,9H2,1-3H3. The van der Waals surface area contributed by atoms with Crippen LogP contribution in [0.2, 0.25) is 0 Å². The molecule has 1 aliphatic rings. The third-order valence-corrected chi connectivity index (χ3v) is 3.14. The van der Waals surface area contributed by atoms with Crippen LogP contribution in [0.25, 0.3) is 5.57 Å². The average molecular weight is 230 g/mol. The second-order valence-electron chi connectivity index (χ2n) is 4.55. The fourth-order valence-electron chi connectivity index (χ4n) is 2.35. The molecule has 1 aliphatic carbocycles. The first-order valence-electron chi connectivity index (χ1n) is 6.09. The van der Waals surface area contributed by atoms with Gasteiger partial charge in [0.15, 0.2) is 0 Å². The van der Waals surface area contributed by atoms with Crippen LogP contribution in [-0.2, 0) is 9.53 Å². The van der Waals surface area contributed by atoms with Crippen LogP contribution < -0.4 is 0 Å². The molecule has 0 saturated carbocycles. The summed E-state index contributed by atoms with van der Waals surface area (Å²) in [5.41, 5.74) is 4.86. The van der Waals surface area contributed by atoms with Gasteiger partial charge >= 0.3 is 5.97 Å². The van der Waals surface area contributed by atoms with Gasteiger partial charge in [0, 0.05) is 5.92 Å². The van der Waals surface area contributed by atoms with Crippen LogP contribution >= 0.6 is 0 Å². The Balaban J connectivity index is 2.24. The average Bonchev–Trinajstić information content (AvgIpc) is 2.55. The van der Waals surface area contributed by atoms with Crippen LogP contribution in [0.1, 0.15) is 42.9 Å². The molecule has 0 N–H and O–H groups in total. The molecule has 2 rings (SSSR count). The molecule has 0 aromatic heterocycles. The van der Waals surface area contributed by atoms with E-state index in [1.165, 1.54) is 16.7 Å². The van der Waals surface area contributed by atoms with E-state index >= 15 is 0 Å². The lowest BCUT2D eigenvalue weighted by Gasteiger charge is -2.07. The molecule has 1 unspecified atom stereocenters. The fourth-order valence-corrected chi connectivity index (χ4v) is 2.35. The van der Waals surface area contributed by atoms with Crippen molar-refractivity contribution in [3.05, 3.63) is 41.0 Å². The highest BCUT2D eigenvalue weighted by atomic mass is 16.5. The van der Waals surface area contributed by atoms with E-state index in [0.717, 1.165) is 5.57 Å². The number of esters is 1. The lowest BCUT2D eigenvalue weighted by molar-refractivity contribution is -0.141. The van der Waals surface area contributed by atoms with Gasteiger partial charge in [-0.05, 0) is 30.5 Å². The predicted molar refractivity (Wildman–Crippen MR) is 68.8 cm³/mol. The fraction of sp³-hybridized carbons (Fsp3) is 0.400. The molecule has 17 heavy (non-hydrogen) atoms. The Morgan fingerprint density at radius 3 is 2.88 bits per heavy atom. The van der Waals surface area contributed by atoms with Crippen molar-refractivity contribution in [1.29, 1.82) is 0 Å². The van der Waals surface area contributed by atoms with Gasteiger partial charge in [0.2, 0.25) is 0 Å². The first-order valence-corrected chi connectivity index (χ1v) is 6.09. The van der Waals surface area contributed by atoms with Crippen LogP contribution in [0.3, 0.4) is 0 Å². The molecule has 0 heterocycles. The highest BCUT2D eigenvalue weighted by Gasteiger charge is 2.21. The molecule has 2 nitrogen and oxygen atoms in total. The molecule has 1 aromatic carbocycles. The highest BCUT2D eigenvalue weighted by molar-refractivity contribution is 5.88. The zero-order valence-corrected chi connectivity index (χ0v) is 10.6. The van der Waals surface area contributed by atoms with Crippen molar-refractivity contribution in [2.45, 2.75) is 33.1 Å². The smallest absolute Gasteiger partial charge is 0.310 e. The molecule has 0 fully saturated rings. The number of rotatable bonds is 3. The van der Waals surface area contributed by atoms with Gasteiger partial charge in [-0.1, -0.05) is 36.8 Å². The van der Waals surface area contributed by atoms with Gasteiger partial charge in [0.05, 0.1) is 13.0 Å². The normalized spacial score (nSPS) is 17.6. The Morgan fingerprint density at radius 2 is 2.18 bits per heavy atom. The minimum Gasteiger partial charge on any atom is -0.466 e. The number of aryl methyl sites for hydroxylation is 1. The van der Waals surface area contributed by atoms with Crippen LogP contribution in [0.4, 0.5) is 0 Å². The molecular weight excluding hydrogens is 212 g/mol. The zero-order valence-electron chi connectivity index (χ0n) is 10.6. The van der Waals surface area contributed by atoms with Gasteiger partial charge in [-0.2, -0.15) is 0 Å². The quantitative estimate of drug-likeness (QED) is 0.743. The summed E-state index contributed by atoms with van der Waals surface area (Å²) in [5.74, 6) is 0.260. The number of hydrogen-bond donors (Lipinski definition) is 0. The van der Waals surface area contributed by atoms with Crippen molar-refractivity contribution in [3.63, 3.8) is 0 Å². The van der Waals surface area contributed by atoms with Crippen molar-refractivity contribution in [2.75, 3.05) is 6.61 Å². The van der Waals surface area contributed by atoms with Crippen molar-refractivity contribution in [2.24, 2.45) is 0 Å². The monoisotopic (exact) mass is 230 g/mol. The van der Waals surface area contributed by atoms with E-state index in [0.29, 0.717) is 18.9 Å². The maximum atomic E-state index is 11.5. The van der Waals surface area contributed by atoms with Crippen LogP contribution in [0, 0.1) is 6.92 Å². The molecule has 1 atom stereocenters. The predicted octanol–water partition coefficient (Wildman–Crippen LogP) is 3.45. The van der Waals surface area contributed by atoms with Gasteiger partial charge in [-0.25, -0.2) is 0 Å². The molecule has 0 spiro atoms. The zero-order chi connectivity index (χ0) is 12.4. The van der Waals surface area contributed by atoms with Crippen LogP contribution in [0.5, 0.6) is 0 Å². The molecule has 2 heteroatoms. The minimum absolute atomic E-state index is 0.139. The van der Waals surface area contributed by atoms with Crippen molar-refractivity contribution >= 4 is 11.5 Å². The third-order valence-electron chi connectivity index (χ3n) is 3.14. The highest BCUT2D eigenvalue weighted by Crippen LogP contribution is 2.37. The summed E-state index contributed by atoms with van der Waals surface area (Å²) in [4.78, 5) is 11.5. The second kappa shape index (κ2) is 4.74. The lowest BCUT2D eigenvalue weighted by Crippen LogP contribution is -2.04. The van der Waals surface area contributed by atoms with Crippen molar-refractivity contribution < 1.29 is 9.53 Å². The molecule has 0 aliphatic heterocycles. The SMILES string of the molecule is CCOC(=O)CC1=CC(C)c2ccc(C)cc21. The number of fused-ring (bicyclic) bond motifs is 1. The first kappa shape index (κ1) is 11.9. The van der Waals surface area contributed by atoms with Crippen LogP contribution in [0.15, 0.2) is 24.3 Å². The number of carbonyl (C=O) groups excluding carboxylic acids is 1. The van der Waals surface area contributed by atoms with Gasteiger partial charge in [-0.15, -0.1) is 0 Å². The summed E-state index contributed by atoms with van der Waals surface area (Å²) in [7, 11) is 0. The summed E-state index contributed by atoms with van der Waals surface area (Å²) < 4.78 is 5.00. The molecule has 1 aromatic rings. The largest absolute Gasteiger partial charge is 0.466 e. The Bertz CT molecular complexity index is 472. The molecule has 0 amide bonds. The summed E-state index contributed by atoms with van der Waals surface area (Å²) in [5, 5.41) is 0. The van der Waals surface area contributed by atoms with Gasteiger partial charge in [0.1, 0.15) is 0 Å². The minimum atomic E-state index is -0.139. The maximum Gasteiger partial charge on any atom is 0.310 e. The number of carbonyl (C=O) groups is 1. The maximum absolute atomic E-state index is 11.5. The summed E-state index contributed by atoms with van der Waals surface area (Å²) in [6.07, 6.45) is 2.55. The Kier molecular flexibility index (Phi) is 3.32. The number of hydrogen-bond acceptors (Lipinski definition) is 2. The molecule has 0 bridgehead atoms. The van der Waals surface area contributed by atoms with Gasteiger partial charge < -0.3 is 4.74 Å². The Labute approximate surface area is 102 Å².